The van der Waals surface area contributed by atoms with Gasteiger partial charge in [0.05, 0.1) is 5.56 Å². The van der Waals surface area contributed by atoms with Gasteiger partial charge in [-0.15, -0.1) is 0 Å². The lowest BCUT2D eigenvalue weighted by atomic mass is 10.0. The molecule has 0 fully saturated rings. The van der Waals surface area contributed by atoms with Crippen molar-refractivity contribution < 1.29 is 14.3 Å². The second kappa shape index (κ2) is 8.07. The van der Waals surface area contributed by atoms with Crippen molar-refractivity contribution in [2.24, 2.45) is 0 Å². The Morgan fingerprint density at radius 2 is 1.62 bits per heavy atom. The number of esters is 1. The van der Waals surface area contributed by atoms with Gasteiger partial charge < -0.3 is 10.1 Å². The van der Waals surface area contributed by atoms with E-state index in [1.807, 2.05) is 42.5 Å². The van der Waals surface area contributed by atoms with Gasteiger partial charge in [-0.3, -0.25) is 9.78 Å². The topological polar surface area (TPSA) is 68.3 Å². The number of anilines is 1. The second-order valence-corrected chi connectivity index (χ2v) is 5.74. The molecular weight excluding hydrogens is 328 g/mol. The number of ether oxygens (including phenoxy) is 1. The van der Waals surface area contributed by atoms with E-state index in [2.05, 4.69) is 10.3 Å². The molecule has 1 unspecified atom stereocenters. The van der Waals surface area contributed by atoms with Gasteiger partial charge >= 0.3 is 5.97 Å². The molecule has 0 aliphatic carbocycles. The molecule has 130 valence electrons. The van der Waals surface area contributed by atoms with E-state index in [0.29, 0.717) is 11.3 Å². The zero-order chi connectivity index (χ0) is 18.4. The molecule has 0 aliphatic heterocycles. The molecule has 2 aromatic carbocycles. The van der Waals surface area contributed by atoms with Crippen molar-refractivity contribution in [2.45, 2.75) is 13.0 Å². The molecule has 26 heavy (non-hydrogen) atoms. The summed E-state index contributed by atoms with van der Waals surface area (Å²) in [6.07, 6.45) is 2.78. The lowest BCUT2D eigenvalue weighted by Crippen LogP contribution is -2.14. The van der Waals surface area contributed by atoms with Crippen LogP contribution >= 0.6 is 0 Å². The van der Waals surface area contributed by atoms with E-state index in [1.54, 1.807) is 36.7 Å². The number of hydrogen-bond donors (Lipinski definition) is 1. The molecule has 0 radical (unpaired) electrons. The molecule has 0 aliphatic rings. The number of nitrogens with zero attached hydrogens (tertiary/aromatic N) is 1. The van der Waals surface area contributed by atoms with Gasteiger partial charge in [-0.2, -0.15) is 0 Å². The van der Waals surface area contributed by atoms with Gasteiger partial charge in [-0.25, -0.2) is 4.79 Å². The van der Waals surface area contributed by atoms with Crippen LogP contribution in [-0.4, -0.2) is 16.9 Å². The van der Waals surface area contributed by atoms with E-state index < -0.39 is 12.1 Å². The summed E-state index contributed by atoms with van der Waals surface area (Å²) in [6.45, 7) is 1.42. The minimum absolute atomic E-state index is 0.200. The highest BCUT2D eigenvalue weighted by Crippen LogP contribution is 2.27. The molecule has 3 aromatic rings. The number of rotatable bonds is 5. The third-order valence-corrected chi connectivity index (χ3v) is 3.75. The van der Waals surface area contributed by atoms with Crippen LogP contribution in [0.2, 0.25) is 0 Å². The highest BCUT2D eigenvalue weighted by atomic mass is 16.5. The average Bonchev–Trinajstić information content (AvgIpc) is 2.67. The van der Waals surface area contributed by atoms with E-state index in [0.717, 1.165) is 11.1 Å². The normalized spacial score (nSPS) is 11.4. The van der Waals surface area contributed by atoms with Crippen LogP contribution in [0, 0.1) is 0 Å². The molecule has 1 heterocycles. The first-order valence-corrected chi connectivity index (χ1v) is 8.17. The Balaban J connectivity index is 1.88. The first-order chi connectivity index (χ1) is 12.6. The van der Waals surface area contributed by atoms with E-state index in [1.165, 1.54) is 6.92 Å². The SMILES string of the molecule is CC(=O)Nc1cccc(C(=O)OC(c2ccccc2)c2ccncc2)c1. The van der Waals surface area contributed by atoms with E-state index in [-0.39, 0.29) is 5.91 Å². The van der Waals surface area contributed by atoms with Gasteiger partial charge in [-0.05, 0) is 35.9 Å². The summed E-state index contributed by atoms with van der Waals surface area (Å²) in [4.78, 5) is 27.9. The van der Waals surface area contributed by atoms with Crippen molar-refractivity contribution in [3.63, 3.8) is 0 Å². The number of amides is 1. The largest absolute Gasteiger partial charge is 0.449 e. The summed E-state index contributed by atoms with van der Waals surface area (Å²) >= 11 is 0. The standard InChI is InChI=1S/C21H18N2O3/c1-15(24)23-19-9-5-8-18(14-19)21(25)26-20(16-6-3-2-4-7-16)17-10-12-22-13-11-17/h2-14,20H,1H3,(H,23,24). The molecule has 1 aromatic heterocycles. The highest BCUT2D eigenvalue weighted by molar-refractivity contribution is 5.93. The molecule has 0 saturated heterocycles. The van der Waals surface area contributed by atoms with Crippen molar-refractivity contribution in [1.29, 1.82) is 0 Å². The zero-order valence-corrected chi connectivity index (χ0v) is 14.3. The molecule has 5 nitrogen and oxygen atoms in total. The number of pyridine rings is 1. The average molecular weight is 346 g/mol. The Kier molecular flexibility index (Phi) is 5.39. The molecular formula is C21H18N2O3. The predicted molar refractivity (Wildman–Crippen MR) is 98.7 cm³/mol. The molecule has 0 bridgehead atoms. The number of hydrogen-bond acceptors (Lipinski definition) is 4. The minimum Gasteiger partial charge on any atom is -0.449 e. The van der Waals surface area contributed by atoms with E-state index >= 15 is 0 Å². The Morgan fingerprint density at radius 3 is 2.31 bits per heavy atom. The molecule has 0 spiro atoms. The van der Waals surface area contributed by atoms with Gasteiger partial charge in [0.2, 0.25) is 5.91 Å². The molecule has 1 amide bonds. The molecule has 1 atom stereocenters. The van der Waals surface area contributed by atoms with Crippen LogP contribution in [0.25, 0.3) is 0 Å². The quantitative estimate of drug-likeness (QED) is 0.709. The third-order valence-electron chi connectivity index (χ3n) is 3.75. The lowest BCUT2D eigenvalue weighted by molar-refractivity contribution is -0.114. The Labute approximate surface area is 151 Å². The van der Waals surface area contributed by atoms with Crippen molar-refractivity contribution in [1.82, 2.24) is 4.98 Å². The molecule has 0 saturated carbocycles. The smallest absolute Gasteiger partial charge is 0.339 e. The van der Waals surface area contributed by atoms with Crippen LogP contribution in [-0.2, 0) is 9.53 Å². The van der Waals surface area contributed by atoms with E-state index in [9.17, 15) is 9.59 Å². The van der Waals surface area contributed by atoms with Crippen molar-refractivity contribution in [2.75, 3.05) is 5.32 Å². The first-order valence-electron chi connectivity index (χ1n) is 8.17. The van der Waals surface area contributed by atoms with Crippen LogP contribution in [0.15, 0.2) is 79.1 Å². The Hall–Kier alpha value is -3.47. The number of nitrogens with one attached hydrogen (secondary N) is 1. The molecule has 3 rings (SSSR count). The predicted octanol–water partition coefficient (Wildman–Crippen LogP) is 3.99. The maximum absolute atomic E-state index is 12.7. The van der Waals surface area contributed by atoms with Gasteiger partial charge in [0.25, 0.3) is 0 Å². The zero-order valence-electron chi connectivity index (χ0n) is 14.3. The molecule has 1 N–H and O–H groups in total. The van der Waals surface area contributed by atoms with Gasteiger partial charge in [-0.1, -0.05) is 36.4 Å². The summed E-state index contributed by atoms with van der Waals surface area (Å²) in [7, 11) is 0. The summed E-state index contributed by atoms with van der Waals surface area (Å²) in [6, 6.07) is 19.8. The van der Waals surface area contributed by atoms with Crippen LogP contribution in [0.3, 0.4) is 0 Å². The second-order valence-electron chi connectivity index (χ2n) is 5.74. The first kappa shape index (κ1) is 17.4. The minimum atomic E-state index is -0.545. The van der Waals surface area contributed by atoms with Crippen LogP contribution in [0.4, 0.5) is 5.69 Å². The van der Waals surface area contributed by atoms with Crippen LogP contribution in [0.5, 0.6) is 0 Å². The number of aromatic nitrogens is 1. The third kappa shape index (κ3) is 4.33. The summed E-state index contributed by atoms with van der Waals surface area (Å²) in [5, 5.41) is 2.66. The van der Waals surface area contributed by atoms with Crippen LogP contribution < -0.4 is 5.32 Å². The fourth-order valence-electron chi connectivity index (χ4n) is 2.60. The number of benzene rings is 2. The van der Waals surface area contributed by atoms with Crippen LogP contribution in [0.1, 0.15) is 34.5 Å². The van der Waals surface area contributed by atoms with Gasteiger partial charge in [0.15, 0.2) is 6.10 Å². The molecule has 5 heteroatoms. The summed E-state index contributed by atoms with van der Waals surface area (Å²) < 4.78 is 5.79. The number of carbonyl (C=O) groups excluding carboxylic acids is 2. The number of carbonyl (C=O) groups is 2. The fraction of sp³-hybridized carbons (Fsp3) is 0.0952. The highest BCUT2D eigenvalue weighted by Gasteiger charge is 2.20. The van der Waals surface area contributed by atoms with Crippen molar-refractivity contribution >= 4 is 17.6 Å². The lowest BCUT2D eigenvalue weighted by Gasteiger charge is -2.19. The maximum atomic E-state index is 12.7. The Morgan fingerprint density at radius 1 is 0.923 bits per heavy atom. The fourth-order valence-corrected chi connectivity index (χ4v) is 2.60. The maximum Gasteiger partial charge on any atom is 0.339 e. The van der Waals surface area contributed by atoms with Crippen molar-refractivity contribution in [3.05, 3.63) is 95.8 Å². The van der Waals surface area contributed by atoms with E-state index in [4.69, 9.17) is 4.74 Å². The monoisotopic (exact) mass is 346 g/mol. The summed E-state index contributed by atoms with van der Waals surface area (Å²) in [5.74, 6) is -0.669. The van der Waals surface area contributed by atoms with Gasteiger partial charge in [0, 0.05) is 30.6 Å². The Bertz CT molecular complexity index is 856. The summed E-state index contributed by atoms with van der Waals surface area (Å²) in [5.41, 5.74) is 2.61. The van der Waals surface area contributed by atoms with Crippen molar-refractivity contribution in [3.8, 4) is 0 Å². The van der Waals surface area contributed by atoms with Gasteiger partial charge in [0.1, 0.15) is 0 Å².